The van der Waals surface area contributed by atoms with E-state index in [0.717, 1.165) is 0 Å². The van der Waals surface area contributed by atoms with Crippen molar-refractivity contribution >= 4 is 5.65 Å². The van der Waals surface area contributed by atoms with Crippen molar-refractivity contribution in [1.82, 2.24) is 24.1 Å². The van der Waals surface area contributed by atoms with Crippen LogP contribution in [0.4, 0.5) is 4.39 Å². The number of pyridine rings is 1. The second-order valence-electron chi connectivity index (χ2n) is 5.67. The molecule has 0 saturated heterocycles. The Kier molecular flexibility index (Phi) is 3.92. The lowest BCUT2D eigenvalue weighted by Crippen LogP contribution is -2.18. The Morgan fingerprint density at radius 1 is 1.15 bits per heavy atom. The standard InChI is InChI=1S/C18H14FN5O2/c1-23-8-9-24-15(21-22-17(24)18(23)25)11-26-14-6-2-5-13(16(14)19)12-4-3-7-20-10-12/h2-10H,11H2,1H3. The third-order valence-corrected chi connectivity index (χ3v) is 4.01. The quantitative estimate of drug-likeness (QED) is 0.564. The van der Waals surface area contributed by atoms with Crippen molar-refractivity contribution in [3.05, 3.63) is 77.1 Å². The molecule has 0 aliphatic heterocycles. The van der Waals surface area contributed by atoms with Gasteiger partial charge in [0.1, 0.15) is 6.61 Å². The number of fused-ring (bicyclic) bond motifs is 1. The van der Waals surface area contributed by atoms with Crippen molar-refractivity contribution in [2.24, 2.45) is 7.05 Å². The van der Waals surface area contributed by atoms with Crippen LogP contribution in [0.2, 0.25) is 0 Å². The summed E-state index contributed by atoms with van der Waals surface area (Å²) in [5.74, 6) is 0.0149. The molecule has 4 rings (SSSR count). The molecule has 1 aromatic carbocycles. The van der Waals surface area contributed by atoms with Crippen LogP contribution >= 0.6 is 0 Å². The third-order valence-electron chi connectivity index (χ3n) is 4.01. The van der Waals surface area contributed by atoms with Gasteiger partial charge in [-0.15, -0.1) is 10.2 Å². The van der Waals surface area contributed by atoms with Gasteiger partial charge >= 0.3 is 0 Å². The molecule has 0 bridgehead atoms. The van der Waals surface area contributed by atoms with Crippen molar-refractivity contribution in [3.63, 3.8) is 0 Å². The monoisotopic (exact) mass is 351 g/mol. The van der Waals surface area contributed by atoms with Crippen molar-refractivity contribution in [2.75, 3.05) is 0 Å². The van der Waals surface area contributed by atoms with Crippen LogP contribution in [0.15, 0.2) is 59.9 Å². The maximum absolute atomic E-state index is 14.8. The number of hydrogen-bond donors (Lipinski definition) is 0. The van der Waals surface area contributed by atoms with Crippen LogP contribution in [0, 0.1) is 5.82 Å². The highest BCUT2D eigenvalue weighted by Gasteiger charge is 2.14. The summed E-state index contributed by atoms with van der Waals surface area (Å²) >= 11 is 0. The molecule has 0 N–H and O–H groups in total. The smallest absolute Gasteiger partial charge is 0.295 e. The first kappa shape index (κ1) is 15.9. The van der Waals surface area contributed by atoms with Gasteiger partial charge < -0.3 is 9.30 Å². The summed E-state index contributed by atoms with van der Waals surface area (Å²) in [6.07, 6.45) is 6.48. The van der Waals surface area contributed by atoms with Gasteiger partial charge in [0, 0.05) is 43.0 Å². The predicted octanol–water partition coefficient (Wildman–Crippen LogP) is 2.21. The van der Waals surface area contributed by atoms with Crippen molar-refractivity contribution in [1.29, 1.82) is 0 Å². The Morgan fingerprint density at radius 2 is 2.04 bits per heavy atom. The van der Waals surface area contributed by atoms with Crippen molar-refractivity contribution in [3.8, 4) is 16.9 Å². The molecule has 0 fully saturated rings. The molecule has 4 aromatic rings. The van der Waals surface area contributed by atoms with E-state index in [1.807, 2.05) is 0 Å². The fraction of sp³-hybridized carbons (Fsp3) is 0.111. The summed E-state index contributed by atoms with van der Waals surface area (Å²) in [4.78, 5) is 16.0. The van der Waals surface area contributed by atoms with Gasteiger partial charge in [-0.2, -0.15) is 0 Å². The largest absolute Gasteiger partial charge is 0.482 e. The molecule has 0 radical (unpaired) electrons. The van der Waals surface area contributed by atoms with Gasteiger partial charge in [-0.05, 0) is 12.1 Å². The number of hydrogen-bond acceptors (Lipinski definition) is 5. The van der Waals surface area contributed by atoms with E-state index in [1.165, 1.54) is 15.0 Å². The van der Waals surface area contributed by atoms with Gasteiger partial charge in [0.05, 0.1) is 0 Å². The van der Waals surface area contributed by atoms with Crippen molar-refractivity contribution in [2.45, 2.75) is 6.61 Å². The highest BCUT2D eigenvalue weighted by atomic mass is 19.1. The molecule has 3 heterocycles. The second-order valence-corrected chi connectivity index (χ2v) is 5.67. The number of aromatic nitrogens is 5. The average Bonchev–Trinajstić information content (AvgIpc) is 3.08. The zero-order valence-electron chi connectivity index (χ0n) is 13.8. The van der Waals surface area contributed by atoms with Crippen LogP contribution in [-0.2, 0) is 13.7 Å². The number of rotatable bonds is 4. The normalized spacial score (nSPS) is 11.0. The van der Waals surface area contributed by atoms with Gasteiger partial charge in [0.25, 0.3) is 5.56 Å². The van der Waals surface area contributed by atoms with Crippen LogP contribution in [0.25, 0.3) is 16.8 Å². The molecule has 7 nitrogen and oxygen atoms in total. The van der Waals surface area contributed by atoms with E-state index < -0.39 is 5.82 Å². The topological polar surface area (TPSA) is 74.3 Å². The number of ether oxygens (including phenoxy) is 1. The van der Waals surface area contributed by atoms with Gasteiger partial charge in [-0.1, -0.05) is 18.2 Å². The minimum atomic E-state index is -0.481. The highest BCUT2D eigenvalue weighted by Crippen LogP contribution is 2.28. The van der Waals surface area contributed by atoms with Gasteiger partial charge in [-0.25, -0.2) is 4.39 Å². The molecule has 0 atom stereocenters. The molecule has 130 valence electrons. The van der Waals surface area contributed by atoms with Crippen LogP contribution in [0.3, 0.4) is 0 Å². The minimum absolute atomic E-state index is 0.0260. The van der Waals surface area contributed by atoms with Gasteiger partial charge in [0.2, 0.25) is 5.65 Å². The molecule has 0 unspecified atom stereocenters. The Bertz CT molecular complexity index is 1140. The van der Waals surface area contributed by atoms with Crippen LogP contribution < -0.4 is 10.3 Å². The lowest BCUT2D eigenvalue weighted by molar-refractivity contribution is 0.280. The first-order valence-electron chi connectivity index (χ1n) is 7.86. The summed E-state index contributed by atoms with van der Waals surface area (Å²) in [6.45, 7) is -0.0260. The fourth-order valence-corrected chi connectivity index (χ4v) is 2.63. The Morgan fingerprint density at radius 3 is 2.85 bits per heavy atom. The Balaban J connectivity index is 1.63. The first-order valence-corrected chi connectivity index (χ1v) is 7.86. The molecule has 0 aliphatic carbocycles. The maximum atomic E-state index is 14.8. The number of aryl methyl sites for hydroxylation is 1. The maximum Gasteiger partial charge on any atom is 0.295 e. The summed E-state index contributed by atoms with van der Waals surface area (Å²) in [6, 6.07) is 8.42. The van der Waals surface area contributed by atoms with E-state index in [0.29, 0.717) is 17.0 Å². The van der Waals surface area contributed by atoms with E-state index in [9.17, 15) is 9.18 Å². The van der Waals surface area contributed by atoms with Crippen LogP contribution in [0.1, 0.15) is 5.82 Å². The molecule has 3 aromatic heterocycles. The van der Waals surface area contributed by atoms with E-state index in [-0.39, 0.29) is 23.6 Å². The third kappa shape index (κ3) is 2.71. The zero-order chi connectivity index (χ0) is 18.1. The van der Waals surface area contributed by atoms with E-state index in [1.54, 1.807) is 56.1 Å². The summed E-state index contributed by atoms with van der Waals surface area (Å²) in [7, 11) is 1.63. The van der Waals surface area contributed by atoms with Crippen LogP contribution in [0.5, 0.6) is 5.75 Å². The van der Waals surface area contributed by atoms with Gasteiger partial charge in [0.15, 0.2) is 17.4 Å². The number of benzene rings is 1. The van der Waals surface area contributed by atoms with Crippen LogP contribution in [-0.4, -0.2) is 24.1 Å². The van der Waals surface area contributed by atoms with E-state index >= 15 is 0 Å². The first-order chi connectivity index (χ1) is 12.6. The predicted molar refractivity (Wildman–Crippen MR) is 92.2 cm³/mol. The SMILES string of the molecule is Cn1ccn2c(COc3cccc(-c4cccnc4)c3F)nnc2c1=O. The summed E-state index contributed by atoms with van der Waals surface area (Å²) < 4.78 is 23.3. The molecule has 0 aliphatic rings. The molecule has 8 heteroatoms. The number of halogens is 1. The Labute approximate surface area is 147 Å². The molecule has 26 heavy (non-hydrogen) atoms. The minimum Gasteiger partial charge on any atom is -0.482 e. The highest BCUT2D eigenvalue weighted by molar-refractivity contribution is 5.65. The zero-order valence-corrected chi connectivity index (χ0v) is 13.8. The lowest BCUT2D eigenvalue weighted by Gasteiger charge is -2.09. The lowest BCUT2D eigenvalue weighted by atomic mass is 10.1. The number of nitrogens with zero attached hydrogens (tertiary/aromatic N) is 5. The fourth-order valence-electron chi connectivity index (χ4n) is 2.63. The summed E-state index contributed by atoms with van der Waals surface area (Å²) in [5.41, 5.74) is 0.983. The molecular formula is C18H14FN5O2. The molecule has 0 spiro atoms. The second kappa shape index (κ2) is 6.40. The van der Waals surface area contributed by atoms with E-state index in [2.05, 4.69) is 15.2 Å². The molecular weight excluding hydrogens is 337 g/mol. The average molecular weight is 351 g/mol. The summed E-state index contributed by atoms with van der Waals surface area (Å²) in [5, 5.41) is 7.84. The van der Waals surface area contributed by atoms with Gasteiger partial charge in [-0.3, -0.25) is 14.2 Å². The molecule has 0 saturated carbocycles. The van der Waals surface area contributed by atoms with Crippen molar-refractivity contribution < 1.29 is 9.13 Å². The molecule has 0 amide bonds. The Hall–Kier alpha value is -3.55. The van der Waals surface area contributed by atoms with E-state index in [4.69, 9.17) is 4.74 Å².